The minimum Gasteiger partial charge on any atom is -0.341 e. The molecule has 0 aliphatic carbocycles. The molecule has 0 radical (unpaired) electrons. The van der Waals surface area contributed by atoms with Crippen LogP contribution >= 0.6 is 0 Å². The lowest BCUT2D eigenvalue weighted by molar-refractivity contribution is 0.102. The van der Waals surface area contributed by atoms with Crippen molar-refractivity contribution >= 4 is 11.6 Å². The first kappa shape index (κ1) is 14.7. The molecule has 0 fully saturated rings. The summed E-state index contributed by atoms with van der Waals surface area (Å²) in [6, 6.07) is 9.08. The summed E-state index contributed by atoms with van der Waals surface area (Å²) in [6.45, 7) is 0.285. The van der Waals surface area contributed by atoms with Gasteiger partial charge in [0.05, 0.1) is 19.1 Å². The molecule has 0 saturated carbocycles. The van der Waals surface area contributed by atoms with Crippen molar-refractivity contribution in [2.45, 2.75) is 6.54 Å². The molecule has 6 nitrogen and oxygen atoms in total. The van der Waals surface area contributed by atoms with E-state index >= 15 is 0 Å². The number of aromatic amines is 1. The number of hydrogen-bond acceptors (Lipinski definition) is 3. The van der Waals surface area contributed by atoms with Gasteiger partial charge in [-0.1, -0.05) is 12.1 Å². The Kier molecular flexibility index (Phi) is 4.01. The van der Waals surface area contributed by atoms with Crippen LogP contribution in [0.25, 0.3) is 0 Å². The van der Waals surface area contributed by atoms with Crippen LogP contribution < -0.4 is 10.9 Å². The molecule has 3 aromatic rings. The maximum atomic E-state index is 12.9. The number of rotatable bonds is 4. The number of nitrogens with zero attached hydrogens (tertiary/aromatic N) is 2. The van der Waals surface area contributed by atoms with E-state index in [0.717, 1.165) is 5.56 Å². The van der Waals surface area contributed by atoms with Gasteiger partial charge in [0.25, 0.3) is 11.5 Å². The first-order valence-corrected chi connectivity index (χ1v) is 6.87. The van der Waals surface area contributed by atoms with Crippen molar-refractivity contribution < 1.29 is 9.18 Å². The summed E-state index contributed by atoms with van der Waals surface area (Å²) in [5.74, 6) is -0.777. The molecule has 0 aliphatic rings. The van der Waals surface area contributed by atoms with E-state index in [1.807, 2.05) is 0 Å². The summed E-state index contributed by atoms with van der Waals surface area (Å²) in [6.07, 6.45) is 4.36. The second-order valence-corrected chi connectivity index (χ2v) is 4.90. The van der Waals surface area contributed by atoms with Crippen LogP contribution in [0, 0.1) is 5.82 Å². The molecular formula is C16H13FN4O2. The van der Waals surface area contributed by atoms with E-state index in [1.54, 1.807) is 24.4 Å². The van der Waals surface area contributed by atoms with Crippen LogP contribution in [-0.4, -0.2) is 20.4 Å². The third-order valence-electron chi connectivity index (χ3n) is 3.28. The summed E-state index contributed by atoms with van der Waals surface area (Å²) in [5.41, 5.74) is 0.864. The Morgan fingerprint density at radius 3 is 2.74 bits per heavy atom. The second kappa shape index (κ2) is 6.27. The largest absolute Gasteiger partial charge is 0.341 e. The lowest BCUT2D eigenvalue weighted by Crippen LogP contribution is -2.26. The molecule has 2 N–H and O–H groups in total. The molecule has 3 rings (SSSR count). The van der Waals surface area contributed by atoms with Crippen molar-refractivity contribution in [3.8, 4) is 0 Å². The Labute approximate surface area is 130 Å². The summed E-state index contributed by atoms with van der Waals surface area (Å²) in [5, 5.41) is 2.54. The van der Waals surface area contributed by atoms with Crippen LogP contribution in [0.2, 0.25) is 0 Å². The topological polar surface area (TPSA) is 79.8 Å². The Hall–Kier alpha value is -3.22. The Balaban J connectivity index is 1.82. The van der Waals surface area contributed by atoms with Gasteiger partial charge in [0.1, 0.15) is 17.2 Å². The Bertz CT molecular complexity index is 870. The van der Waals surface area contributed by atoms with E-state index in [-0.39, 0.29) is 29.3 Å². The number of imidazole rings is 1. The molecular weight excluding hydrogens is 299 g/mol. The maximum Gasteiger partial charge on any atom is 0.274 e. The van der Waals surface area contributed by atoms with Crippen molar-refractivity contribution in [2.75, 3.05) is 5.32 Å². The number of carbonyl (C=O) groups is 1. The highest BCUT2D eigenvalue weighted by Crippen LogP contribution is 2.06. The predicted octanol–water partition coefficient (Wildman–Crippen LogP) is 2.01. The van der Waals surface area contributed by atoms with Gasteiger partial charge < -0.3 is 14.9 Å². The predicted molar refractivity (Wildman–Crippen MR) is 82.7 cm³/mol. The monoisotopic (exact) mass is 312 g/mol. The van der Waals surface area contributed by atoms with Crippen molar-refractivity contribution in [2.24, 2.45) is 0 Å². The van der Waals surface area contributed by atoms with Crippen LogP contribution in [0.4, 0.5) is 10.1 Å². The molecule has 23 heavy (non-hydrogen) atoms. The van der Waals surface area contributed by atoms with Crippen LogP contribution in [0.1, 0.15) is 16.1 Å². The molecule has 1 amide bonds. The number of benzene rings is 1. The van der Waals surface area contributed by atoms with Crippen molar-refractivity contribution in [3.05, 3.63) is 82.5 Å². The Morgan fingerprint density at radius 2 is 2.04 bits per heavy atom. The molecule has 0 saturated heterocycles. The number of hydrogen-bond donors (Lipinski definition) is 2. The third kappa shape index (κ3) is 3.34. The average Bonchev–Trinajstić information content (AvgIpc) is 3.08. The normalized spacial score (nSPS) is 10.5. The molecule has 7 heteroatoms. The highest BCUT2D eigenvalue weighted by molar-refractivity contribution is 6.02. The summed E-state index contributed by atoms with van der Waals surface area (Å²) in [4.78, 5) is 30.8. The van der Waals surface area contributed by atoms with Crippen molar-refractivity contribution in [1.82, 2.24) is 14.5 Å². The zero-order valence-corrected chi connectivity index (χ0v) is 12.0. The van der Waals surface area contributed by atoms with E-state index in [4.69, 9.17) is 0 Å². The number of anilines is 1. The minimum atomic E-state index is -0.445. The molecule has 2 aromatic heterocycles. The number of halogens is 1. The standard InChI is InChI=1S/C16H13FN4O2/c17-12-5-3-11(4-6-12)9-21-7-1-2-13(16(21)23)20-15(22)14-8-18-10-19-14/h1-8,10H,9H2,(H,18,19)(H,20,22). The number of pyridine rings is 1. The fraction of sp³-hybridized carbons (Fsp3) is 0.0625. The summed E-state index contributed by atoms with van der Waals surface area (Å²) < 4.78 is 14.4. The van der Waals surface area contributed by atoms with Crippen LogP contribution in [0.3, 0.4) is 0 Å². The smallest absolute Gasteiger partial charge is 0.274 e. The van der Waals surface area contributed by atoms with E-state index in [2.05, 4.69) is 15.3 Å². The average molecular weight is 312 g/mol. The molecule has 0 atom stereocenters. The van der Waals surface area contributed by atoms with Gasteiger partial charge in [0.15, 0.2) is 0 Å². The van der Waals surface area contributed by atoms with E-state index in [0.29, 0.717) is 0 Å². The molecule has 116 valence electrons. The third-order valence-corrected chi connectivity index (χ3v) is 3.28. The SMILES string of the molecule is O=C(Nc1cccn(Cc2ccc(F)cc2)c1=O)c1cnc[nH]1. The van der Waals surface area contributed by atoms with Crippen LogP contribution in [-0.2, 0) is 6.54 Å². The molecule has 0 bridgehead atoms. The quantitative estimate of drug-likeness (QED) is 0.773. The summed E-state index contributed by atoms with van der Waals surface area (Å²) in [7, 11) is 0. The van der Waals surface area contributed by atoms with Gasteiger partial charge in [-0.15, -0.1) is 0 Å². The lowest BCUT2D eigenvalue weighted by atomic mass is 10.2. The first-order chi connectivity index (χ1) is 11.1. The maximum absolute atomic E-state index is 12.9. The molecule has 0 unspecified atom stereocenters. The van der Waals surface area contributed by atoms with Gasteiger partial charge in [-0.2, -0.15) is 0 Å². The van der Waals surface area contributed by atoms with E-state index in [1.165, 1.54) is 35.3 Å². The fourth-order valence-corrected chi connectivity index (χ4v) is 2.11. The molecule has 0 spiro atoms. The molecule has 1 aromatic carbocycles. The molecule has 2 heterocycles. The highest BCUT2D eigenvalue weighted by Gasteiger charge is 2.10. The number of nitrogens with one attached hydrogen (secondary N) is 2. The first-order valence-electron chi connectivity index (χ1n) is 6.87. The zero-order chi connectivity index (χ0) is 16.2. The summed E-state index contributed by atoms with van der Waals surface area (Å²) >= 11 is 0. The van der Waals surface area contributed by atoms with E-state index in [9.17, 15) is 14.0 Å². The van der Waals surface area contributed by atoms with Crippen LogP contribution in [0.15, 0.2) is 59.9 Å². The van der Waals surface area contributed by atoms with Gasteiger partial charge in [0, 0.05) is 6.20 Å². The lowest BCUT2D eigenvalue weighted by Gasteiger charge is -2.09. The number of aromatic nitrogens is 3. The Morgan fingerprint density at radius 1 is 1.26 bits per heavy atom. The van der Waals surface area contributed by atoms with Gasteiger partial charge in [-0.05, 0) is 29.8 Å². The second-order valence-electron chi connectivity index (χ2n) is 4.90. The van der Waals surface area contributed by atoms with Gasteiger partial charge >= 0.3 is 0 Å². The van der Waals surface area contributed by atoms with Crippen LogP contribution in [0.5, 0.6) is 0 Å². The van der Waals surface area contributed by atoms with E-state index < -0.39 is 5.91 Å². The van der Waals surface area contributed by atoms with Crippen molar-refractivity contribution in [3.63, 3.8) is 0 Å². The minimum absolute atomic E-state index is 0.161. The fourth-order valence-electron chi connectivity index (χ4n) is 2.11. The number of H-pyrrole nitrogens is 1. The van der Waals surface area contributed by atoms with Gasteiger partial charge in [-0.25, -0.2) is 9.37 Å². The number of carbonyl (C=O) groups excluding carboxylic acids is 1. The van der Waals surface area contributed by atoms with Gasteiger partial charge in [-0.3, -0.25) is 9.59 Å². The van der Waals surface area contributed by atoms with Crippen molar-refractivity contribution in [1.29, 1.82) is 0 Å². The zero-order valence-electron chi connectivity index (χ0n) is 12.0. The highest BCUT2D eigenvalue weighted by atomic mass is 19.1. The van der Waals surface area contributed by atoms with Gasteiger partial charge in [0.2, 0.25) is 0 Å². The number of amides is 1. The molecule has 0 aliphatic heterocycles.